The van der Waals surface area contributed by atoms with E-state index >= 15 is 0 Å². The molecule has 0 bridgehead atoms. The van der Waals surface area contributed by atoms with E-state index in [0.717, 1.165) is 4.90 Å². The fourth-order valence-electron chi connectivity index (χ4n) is 1.56. The molecule has 0 aliphatic carbocycles. The van der Waals surface area contributed by atoms with Gasteiger partial charge >= 0.3 is 0 Å². The zero-order chi connectivity index (χ0) is 14.4. The number of nitrogens with two attached hydrogens (primary N) is 1. The number of thioether (sulfide) groups is 1. The van der Waals surface area contributed by atoms with E-state index < -0.39 is 0 Å². The van der Waals surface area contributed by atoms with Gasteiger partial charge < -0.3 is 15.8 Å². The van der Waals surface area contributed by atoms with E-state index in [1.807, 2.05) is 18.2 Å². The average molecular weight is 289 g/mol. The highest BCUT2D eigenvalue weighted by Crippen LogP contribution is 2.24. The number of nitrogen functional groups attached to an aromatic ring is 1. The molecule has 0 spiro atoms. The van der Waals surface area contributed by atoms with Crippen LogP contribution in [0.3, 0.4) is 0 Å². The number of para-hydroxylation sites is 2. The smallest absolute Gasteiger partial charge is 0.234 e. The highest BCUT2D eigenvalue weighted by Gasteiger charge is 2.07. The van der Waals surface area contributed by atoms with Crippen molar-refractivity contribution in [3.8, 4) is 5.75 Å². The van der Waals surface area contributed by atoms with Gasteiger partial charge in [0.1, 0.15) is 11.6 Å². The lowest BCUT2D eigenvalue weighted by molar-refractivity contribution is -0.113. The van der Waals surface area contributed by atoms with Crippen LogP contribution in [-0.4, -0.2) is 23.8 Å². The number of nitrogens with one attached hydrogen (secondary N) is 1. The van der Waals surface area contributed by atoms with Crippen molar-refractivity contribution in [1.82, 2.24) is 4.98 Å². The van der Waals surface area contributed by atoms with E-state index in [4.69, 9.17) is 10.5 Å². The normalized spacial score (nSPS) is 10.1. The Hall–Kier alpha value is -2.21. The van der Waals surface area contributed by atoms with E-state index in [1.54, 1.807) is 31.5 Å². The first-order chi connectivity index (χ1) is 9.69. The standard InChI is InChI=1S/C14H15N3O2S/c1-19-12-5-3-2-4-11(12)17-14(18)9-20-10-6-7-13(15)16-8-10/h2-8H,9H2,1H3,(H2,15,16)(H,17,18). The van der Waals surface area contributed by atoms with Crippen molar-refractivity contribution >= 4 is 29.2 Å². The minimum Gasteiger partial charge on any atom is -0.495 e. The first-order valence-corrected chi connectivity index (χ1v) is 6.95. The van der Waals surface area contributed by atoms with Gasteiger partial charge in [0.05, 0.1) is 18.6 Å². The molecule has 3 N–H and O–H groups in total. The van der Waals surface area contributed by atoms with Crippen molar-refractivity contribution in [2.24, 2.45) is 0 Å². The molecule has 0 atom stereocenters. The number of ether oxygens (including phenoxy) is 1. The minimum absolute atomic E-state index is 0.101. The van der Waals surface area contributed by atoms with Crippen molar-refractivity contribution in [3.63, 3.8) is 0 Å². The predicted molar refractivity (Wildman–Crippen MR) is 81.0 cm³/mol. The van der Waals surface area contributed by atoms with Gasteiger partial charge in [0.2, 0.25) is 5.91 Å². The molecule has 5 nitrogen and oxygen atoms in total. The van der Waals surface area contributed by atoms with Crippen LogP contribution in [0.2, 0.25) is 0 Å². The van der Waals surface area contributed by atoms with Crippen LogP contribution in [0, 0.1) is 0 Å². The number of benzene rings is 1. The Labute approximate surface area is 121 Å². The summed E-state index contributed by atoms with van der Waals surface area (Å²) in [6.45, 7) is 0. The van der Waals surface area contributed by atoms with Gasteiger partial charge in [0.25, 0.3) is 0 Å². The Bertz CT molecular complexity index is 587. The van der Waals surface area contributed by atoms with Gasteiger partial charge in [-0.1, -0.05) is 12.1 Å². The number of rotatable bonds is 5. The Kier molecular flexibility index (Phi) is 4.84. The minimum atomic E-state index is -0.101. The molecular weight excluding hydrogens is 274 g/mol. The maximum Gasteiger partial charge on any atom is 0.234 e. The van der Waals surface area contributed by atoms with Crippen molar-refractivity contribution in [1.29, 1.82) is 0 Å². The first-order valence-electron chi connectivity index (χ1n) is 5.96. The van der Waals surface area contributed by atoms with Crippen molar-refractivity contribution < 1.29 is 9.53 Å². The van der Waals surface area contributed by atoms with Crippen molar-refractivity contribution in [2.75, 3.05) is 23.9 Å². The Balaban J connectivity index is 1.91. The zero-order valence-corrected chi connectivity index (χ0v) is 11.8. The molecule has 1 aromatic carbocycles. The average Bonchev–Trinajstić information content (AvgIpc) is 2.47. The molecule has 6 heteroatoms. The largest absolute Gasteiger partial charge is 0.495 e. The van der Waals surface area contributed by atoms with Gasteiger partial charge in [-0.15, -0.1) is 11.8 Å². The molecule has 0 saturated heterocycles. The third-order valence-electron chi connectivity index (χ3n) is 2.51. The highest BCUT2D eigenvalue weighted by molar-refractivity contribution is 8.00. The number of aromatic nitrogens is 1. The summed E-state index contributed by atoms with van der Waals surface area (Å²) in [5.74, 6) is 1.30. The summed E-state index contributed by atoms with van der Waals surface area (Å²) in [6.07, 6.45) is 1.65. The Morgan fingerprint density at radius 2 is 2.15 bits per heavy atom. The second-order valence-electron chi connectivity index (χ2n) is 3.96. The van der Waals surface area contributed by atoms with Crippen LogP contribution in [0.1, 0.15) is 0 Å². The maximum atomic E-state index is 11.9. The zero-order valence-electron chi connectivity index (χ0n) is 11.0. The van der Waals surface area contributed by atoms with E-state index in [2.05, 4.69) is 10.3 Å². The summed E-state index contributed by atoms with van der Waals surface area (Å²) in [7, 11) is 1.57. The summed E-state index contributed by atoms with van der Waals surface area (Å²) >= 11 is 1.40. The van der Waals surface area contributed by atoms with Gasteiger partial charge in [-0.3, -0.25) is 4.79 Å². The van der Waals surface area contributed by atoms with Crippen molar-refractivity contribution in [2.45, 2.75) is 4.90 Å². The van der Waals surface area contributed by atoms with Crippen LogP contribution in [0.15, 0.2) is 47.5 Å². The highest BCUT2D eigenvalue weighted by atomic mass is 32.2. The van der Waals surface area contributed by atoms with E-state index in [1.165, 1.54) is 11.8 Å². The molecule has 1 amide bonds. The molecule has 0 radical (unpaired) electrons. The monoisotopic (exact) mass is 289 g/mol. The SMILES string of the molecule is COc1ccccc1NC(=O)CSc1ccc(N)nc1. The molecule has 2 aromatic rings. The lowest BCUT2D eigenvalue weighted by Gasteiger charge is -2.09. The number of carbonyl (C=O) groups excluding carboxylic acids is 1. The second-order valence-corrected chi connectivity index (χ2v) is 5.00. The summed E-state index contributed by atoms with van der Waals surface area (Å²) in [5, 5.41) is 2.81. The first kappa shape index (κ1) is 14.2. The number of methoxy groups -OCH3 is 1. The fourth-order valence-corrected chi connectivity index (χ4v) is 2.22. The molecule has 2 rings (SSSR count). The number of carbonyl (C=O) groups is 1. The fraction of sp³-hybridized carbons (Fsp3) is 0.143. The number of amides is 1. The van der Waals surface area contributed by atoms with E-state index in [0.29, 0.717) is 23.0 Å². The van der Waals surface area contributed by atoms with Gasteiger partial charge in [-0.2, -0.15) is 0 Å². The van der Waals surface area contributed by atoms with Crippen LogP contribution in [0.4, 0.5) is 11.5 Å². The van der Waals surface area contributed by atoms with Crippen LogP contribution in [0.5, 0.6) is 5.75 Å². The third kappa shape index (κ3) is 3.89. The molecule has 0 fully saturated rings. The Morgan fingerprint density at radius 1 is 1.35 bits per heavy atom. The number of anilines is 2. The molecule has 0 aliphatic heterocycles. The summed E-state index contributed by atoms with van der Waals surface area (Å²) < 4.78 is 5.18. The predicted octanol–water partition coefficient (Wildman–Crippen LogP) is 2.40. The lowest BCUT2D eigenvalue weighted by atomic mass is 10.3. The number of nitrogens with zero attached hydrogens (tertiary/aromatic N) is 1. The van der Waals surface area contributed by atoms with Crippen LogP contribution in [-0.2, 0) is 4.79 Å². The molecule has 0 saturated carbocycles. The number of pyridine rings is 1. The number of hydrogen-bond donors (Lipinski definition) is 2. The van der Waals surface area contributed by atoms with Gasteiger partial charge in [-0.25, -0.2) is 4.98 Å². The molecule has 20 heavy (non-hydrogen) atoms. The summed E-state index contributed by atoms with van der Waals surface area (Å²) in [4.78, 5) is 16.8. The van der Waals surface area contributed by atoms with Gasteiger partial charge in [0.15, 0.2) is 0 Å². The van der Waals surface area contributed by atoms with Crippen LogP contribution < -0.4 is 15.8 Å². The molecular formula is C14H15N3O2S. The van der Waals surface area contributed by atoms with E-state index in [-0.39, 0.29) is 5.91 Å². The quantitative estimate of drug-likeness (QED) is 0.826. The second kappa shape index (κ2) is 6.81. The number of hydrogen-bond acceptors (Lipinski definition) is 5. The molecule has 1 aromatic heterocycles. The molecule has 1 heterocycles. The summed E-state index contributed by atoms with van der Waals surface area (Å²) in [5.41, 5.74) is 6.17. The topological polar surface area (TPSA) is 77.2 Å². The van der Waals surface area contributed by atoms with Crippen molar-refractivity contribution in [3.05, 3.63) is 42.6 Å². The lowest BCUT2D eigenvalue weighted by Crippen LogP contribution is -2.14. The van der Waals surface area contributed by atoms with Gasteiger partial charge in [-0.05, 0) is 24.3 Å². The third-order valence-corrected chi connectivity index (χ3v) is 3.49. The molecule has 0 aliphatic rings. The van der Waals surface area contributed by atoms with Crippen LogP contribution >= 0.6 is 11.8 Å². The van der Waals surface area contributed by atoms with Gasteiger partial charge in [0, 0.05) is 11.1 Å². The van der Waals surface area contributed by atoms with Crippen LogP contribution in [0.25, 0.3) is 0 Å². The molecule has 0 unspecified atom stereocenters. The van der Waals surface area contributed by atoms with E-state index in [9.17, 15) is 4.79 Å². The maximum absolute atomic E-state index is 11.9. The molecule has 104 valence electrons. The summed E-state index contributed by atoms with van der Waals surface area (Å²) in [6, 6.07) is 10.8. The Morgan fingerprint density at radius 3 is 2.85 bits per heavy atom.